The molecule has 1 heterocycles. The molecule has 1 saturated heterocycles. The highest BCUT2D eigenvalue weighted by Gasteiger charge is 2.16. The van der Waals surface area contributed by atoms with Gasteiger partial charge in [0.1, 0.15) is 0 Å². The molecule has 1 aliphatic rings. The quantitative estimate of drug-likeness (QED) is 0.770. The molecule has 2 N–H and O–H groups in total. The maximum Gasteiger partial charge on any atom is 0.188 e. The fourth-order valence-electron chi connectivity index (χ4n) is 1.27. The maximum absolute atomic E-state index is 11.0. The smallest absolute Gasteiger partial charge is 0.188 e. The van der Waals surface area contributed by atoms with Crippen molar-refractivity contribution in [2.45, 2.75) is 19.3 Å². The van der Waals surface area contributed by atoms with Gasteiger partial charge in [0.25, 0.3) is 0 Å². The van der Waals surface area contributed by atoms with Crippen molar-refractivity contribution < 1.29 is 14.3 Å². The van der Waals surface area contributed by atoms with E-state index in [2.05, 4.69) is 11.3 Å². The molecular formula is C11H21NO3S. The van der Waals surface area contributed by atoms with E-state index in [0.29, 0.717) is 11.0 Å². The monoisotopic (exact) mass is 247 g/mol. The minimum atomic E-state index is 0.255. The van der Waals surface area contributed by atoms with Crippen LogP contribution in [-0.4, -0.2) is 31.7 Å². The Labute approximate surface area is 102 Å². The summed E-state index contributed by atoms with van der Waals surface area (Å²) >= 11 is 1.34. The van der Waals surface area contributed by atoms with Crippen LogP contribution in [0.15, 0.2) is 12.5 Å². The summed E-state index contributed by atoms with van der Waals surface area (Å²) in [6.45, 7) is 4.91. The van der Waals surface area contributed by atoms with Crippen LogP contribution >= 0.6 is 11.8 Å². The van der Waals surface area contributed by atoms with E-state index in [1.165, 1.54) is 18.9 Å². The van der Waals surface area contributed by atoms with E-state index in [0.717, 1.165) is 32.5 Å². The van der Waals surface area contributed by atoms with Crippen molar-refractivity contribution in [1.29, 1.82) is 0 Å². The third-order valence-corrected chi connectivity index (χ3v) is 2.91. The molecule has 0 aromatic carbocycles. The molecule has 0 atom stereocenters. The van der Waals surface area contributed by atoms with Crippen molar-refractivity contribution in [3.05, 3.63) is 12.5 Å². The summed E-state index contributed by atoms with van der Waals surface area (Å²) in [5, 5.41) is 0.317. The maximum atomic E-state index is 11.0. The fourth-order valence-corrected chi connectivity index (χ4v) is 1.67. The number of ether oxygens (including phenoxy) is 2. The van der Waals surface area contributed by atoms with E-state index in [1.807, 2.05) is 6.26 Å². The summed E-state index contributed by atoms with van der Waals surface area (Å²) in [7, 11) is 1.47. The second-order valence-electron chi connectivity index (χ2n) is 3.51. The van der Waals surface area contributed by atoms with Crippen LogP contribution in [-0.2, 0) is 14.3 Å². The normalized spacial score (nSPS) is 15.9. The summed E-state index contributed by atoms with van der Waals surface area (Å²) in [5.41, 5.74) is 4.88. The van der Waals surface area contributed by atoms with Crippen LogP contribution in [0, 0.1) is 5.92 Å². The number of nitrogens with two attached hydrogens (primary N) is 1. The molecule has 0 bridgehead atoms. The summed E-state index contributed by atoms with van der Waals surface area (Å²) in [6, 6.07) is 0. The Morgan fingerprint density at radius 2 is 2.06 bits per heavy atom. The summed E-state index contributed by atoms with van der Waals surface area (Å²) in [4.78, 5) is 11.0. The molecule has 94 valence electrons. The van der Waals surface area contributed by atoms with Gasteiger partial charge in [0, 0.05) is 19.6 Å². The van der Waals surface area contributed by atoms with Crippen molar-refractivity contribution in [2.75, 3.05) is 26.6 Å². The van der Waals surface area contributed by atoms with Crippen molar-refractivity contribution in [3.63, 3.8) is 0 Å². The van der Waals surface area contributed by atoms with E-state index in [-0.39, 0.29) is 5.88 Å². The van der Waals surface area contributed by atoms with Crippen LogP contribution in [0.3, 0.4) is 0 Å². The SMILES string of the molecule is C=C(N)OC.CSC(=O)CC1CCOCC1. The van der Waals surface area contributed by atoms with Crippen molar-refractivity contribution in [3.8, 4) is 0 Å². The van der Waals surface area contributed by atoms with E-state index >= 15 is 0 Å². The van der Waals surface area contributed by atoms with E-state index < -0.39 is 0 Å². The van der Waals surface area contributed by atoms with Crippen molar-refractivity contribution in [2.24, 2.45) is 11.7 Å². The Bertz CT molecular complexity index is 215. The zero-order valence-corrected chi connectivity index (χ0v) is 10.8. The average Bonchev–Trinajstić information content (AvgIpc) is 2.31. The average molecular weight is 247 g/mol. The van der Waals surface area contributed by atoms with E-state index in [9.17, 15) is 4.79 Å². The second-order valence-corrected chi connectivity index (χ2v) is 4.37. The Morgan fingerprint density at radius 3 is 2.44 bits per heavy atom. The molecule has 5 heteroatoms. The van der Waals surface area contributed by atoms with Crippen LogP contribution in [0.2, 0.25) is 0 Å². The second kappa shape index (κ2) is 9.54. The van der Waals surface area contributed by atoms with Gasteiger partial charge in [-0.3, -0.25) is 4.79 Å². The predicted octanol–water partition coefficient (Wildman–Crippen LogP) is 1.76. The van der Waals surface area contributed by atoms with Gasteiger partial charge in [-0.25, -0.2) is 0 Å². The number of methoxy groups -OCH3 is 1. The highest BCUT2D eigenvalue weighted by molar-refractivity contribution is 8.13. The molecule has 0 aromatic rings. The van der Waals surface area contributed by atoms with Gasteiger partial charge in [-0.2, -0.15) is 0 Å². The van der Waals surface area contributed by atoms with Gasteiger partial charge in [0.2, 0.25) is 0 Å². The molecule has 0 spiro atoms. The van der Waals surface area contributed by atoms with Crippen molar-refractivity contribution >= 4 is 16.9 Å². The van der Waals surface area contributed by atoms with Crippen molar-refractivity contribution in [1.82, 2.24) is 0 Å². The first-order chi connectivity index (χ1) is 7.60. The molecule has 0 radical (unpaired) electrons. The molecule has 4 nitrogen and oxygen atoms in total. The molecule has 0 unspecified atom stereocenters. The number of carbonyl (C=O) groups excluding carboxylic acids is 1. The van der Waals surface area contributed by atoms with E-state index in [4.69, 9.17) is 10.5 Å². The molecule has 1 fully saturated rings. The summed E-state index contributed by atoms with van der Waals surface area (Å²) in [6.07, 6.45) is 4.71. The highest BCUT2D eigenvalue weighted by Crippen LogP contribution is 2.20. The molecule has 1 aliphatic heterocycles. The zero-order chi connectivity index (χ0) is 12.4. The lowest BCUT2D eigenvalue weighted by molar-refractivity contribution is -0.112. The highest BCUT2D eigenvalue weighted by atomic mass is 32.2. The minimum absolute atomic E-state index is 0.255. The van der Waals surface area contributed by atoms with Crippen LogP contribution in [0.4, 0.5) is 0 Å². The molecular weight excluding hydrogens is 226 g/mol. The number of carbonyl (C=O) groups is 1. The molecule has 0 saturated carbocycles. The fraction of sp³-hybridized carbons (Fsp3) is 0.727. The number of hydrogen-bond donors (Lipinski definition) is 1. The first-order valence-corrected chi connectivity index (χ1v) is 6.45. The lowest BCUT2D eigenvalue weighted by atomic mass is 9.97. The van der Waals surface area contributed by atoms with Gasteiger partial charge in [-0.05, 0) is 31.6 Å². The van der Waals surface area contributed by atoms with Crippen LogP contribution < -0.4 is 5.73 Å². The Balaban J connectivity index is 0.000000385. The van der Waals surface area contributed by atoms with Gasteiger partial charge >= 0.3 is 0 Å². The zero-order valence-electron chi connectivity index (χ0n) is 10.0. The van der Waals surface area contributed by atoms with Crippen LogP contribution in [0.25, 0.3) is 0 Å². The third-order valence-electron chi connectivity index (χ3n) is 2.29. The van der Waals surface area contributed by atoms with E-state index in [1.54, 1.807) is 0 Å². The Morgan fingerprint density at radius 1 is 1.56 bits per heavy atom. The molecule has 0 aromatic heterocycles. The topological polar surface area (TPSA) is 61.5 Å². The number of thioether (sulfide) groups is 1. The van der Waals surface area contributed by atoms with Gasteiger partial charge in [-0.15, -0.1) is 0 Å². The minimum Gasteiger partial charge on any atom is -0.483 e. The Hall–Kier alpha value is -0.680. The standard InChI is InChI=1S/C8H14O2S.C3H7NO/c1-11-8(9)6-7-2-4-10-5-3-7;1-3(4)5-2/h7H,2-6H2,1H3;1,4H2,2H3. The number of rotatable bonds is 3. The van der Waals surface area contributed by atoms with Crippen LogP contribution in [0.5, 0.6) is 0 Å². The van der Waals surface area contributed by atoms with Gasteiger partial charge in [0.05, 0.1) is 7.11 Å². The third kappa shape index (κ3) is 8.61. The summed E-state index contributed by atoms with van der Waals surface area (Å²) in [5.74, 6) is 0.841. The molecule has 0 amide bonds. The lowest BCUT2D eigenvalue weighted by Gasteiger charge is -2.20. The predicted molar refractivity (Wildman–Crippen MR) is 67.0 cm³/mol. The Kier molecular flexibility index (Phi) is 9.13. The number of hydrogen-bond acceptors (Lipinski definition) is 5. The molecule has 0 aliphatic carbocycles. The molecule has 16 heavy (non-hydrogen) atoms. The first kappa shape index (κ1) is 15.3. The summed E-state index contributed by atoms with van der Waals surface area (Å²) < 4.78 is 9.53. The van der Waals surface area contributed by atoms with Gasteiger partial charge in [0.15, 0.2) is 11.0 Å². The lowest BCUT2D eigenvalue weighted by Crippen LogP contribution is -2.17. The first-order valence-electron chi connectivity index (χ1n) is 5.23. The largest absolute Gasteiger partial charge is 0.483 e. The van der Waals surface area contributed by atoms with Gasteiger partial charge in [-0.1, -0.05) is 11.8 Å². The van der Waals surface area contributed by atoms with Crippen LogP contribution in [0.1, 0.15) is 19.3 Å². The van der Waals surface area contributed by atoms with Gasteiger partial charge < -0.3 is 15.2 Å². The molecule has 1 rings (SSSR count).